The van der Waals surface area contributed by atoms with Crippen LogP contribution in [0.5, 0.6) is 0 Å². The van der Waals surface area contributed by atoms with Gasteiger partial charge < -0.3 is 5.32 Å². The standard InChI is InChI=1S/C16H24BrNS/c17-15-8-9-19-16(15)10-12-4-2-1-3-5-13(12)11-18-14-6-7-14/h8-9,12-14,18H,1-7,10-11H2. The molecule has 3 rings (SSSR count). The van der Waals surface area contributed by atoms with E-state index in [-0.39, 0.29) is 0 Å². The van der Waals surface area contributed by atoms with Crippen molar-refractivity contribution in [2.24, 2.45) is 11.8 Å². The second kappa shape index (κ2) is 6.73. The maximum Gasteiger partial charge on any atom is 0.0314 e. The molecule has 2 unspecified atom stereocenters. The largest absolute Gasteiger partial charge is 0.314 e. The quantitative estimate of drug-likeness (QED) is 0.743. The predicted molar refractivity (Wildman–Crippen MR) is 86.8 cm³/mol. The van der Waals surface area contributed by atoms with Crippen LogP contribution in [0.1, 0.15) is 49.8 Å². The second-order valence-electron chi connectivity index (χ2n) is 6.24. The number of nitrogens with one attached hydrogen (secondary N) is 1. The fourth-order valence-corrected chi connectivity index (χ4v) is 4.92. The molecule has 2 saturated carbocycles. The molecule has 0 bridgehead atoms. The molecule has 0 spiro atoms. The van der Waals surface area contributed by atoms with E-state index in [0.717, 1.165) is 17.9 Å². The molecule has 2 aliphatic rings. The van der Waals surface area contributed by atoms with Crippen molar-refractivity contribution in [3.05, 3.63) is 20.8 Å². The summed E-state index contributed by atoms with van der Waals surface area (Å²) in [5.74, 6) is 1.79. The third-order valence-corrected chi connectivity index (χ3v) is 6.65. The zero-order chi connectivity index (χ0) is 13.1. The Balaban J connectivity index is 1.61. The van der Waals surface area contributed by atoms with Gasteiger partial charge in [-0.1, -0.05) is 19.3 Å². The van der Waals surface area contributed by atoms with E-state index in [4.69, 9.17) is 0 Å². The minimum Gasteiger partial charge on any atom is -0.314 e. The summed E-state index contributed by atoms with van der Waals surface area (Å²) in [4.78, 5) is 1.56. The third kappa shape index (κ3) is 4.05. The van der Waals surface area contributed by atoms with Crippen LogP contribution in [-0.2, 0) is 6.42 Å². The highest BCUT2D eigenvalue weighted by molar-refractivity contribution is 9.10. The average Bonchev–Trinajstić information content (AvgIpc) is 3.17. The molecule has 0 aliphatic heterocycles. The first-order chi connectivity index (χ1) is 9.33. The molecule has 0 aromatic carbocycles. The van der Waals surface area contributed by atoms with Crippen molar-refractivity contribution in [1.29, 1.82) is 0 Å². The Bertz CT molecular complexity index is 399. The van der Waals surface area contributed by atoms with Crippen LogP contribution in [0, 0.1) is 11.8 Å². The average molecular weight is 342 g/mol. The molecule has 1 nitrogen and oxygen atoms in total. The summed E-state index contributed by atoms with van der Waals surface area (Å²) in [6.45, 7) is 1.26. The monoisotopic (exact) mass is 341 g/mol. The van der Waals surface area contributed by atoms with Gasteiger partial charge in [0.2, 0.25) is 0 Å². The minimum absolute atomic E-state index is 0.859. The fourth-order valence-electron chi connectivity index (χ4n) is 3.31. The summed E-state index contributed by atoms with van der Waals surface area (Å²) < 4.78 is 1.33. The van der Waals surface area contributed by atoms with Crippen LogP contribution in [0.3, 0.4) is 0 Å². The first-order valence-corrected chi connectivity index (χ1v) is 9.45. The summed E-state index contributed by atoms with van der Waals surface area (Å²) in [6.07, 6.45) is 11.3. The highest BCUT2D eigenvalue weighted by atomic mass is 79.9. The first kappa shape index (κ1) is 14.1. The summed E-state index contributed by atoms with van der Waals surface area (Å²) in [5.41, 5.74) is 0. The smallest absolute Gasteiger partial charge is 0.0314 e. The van der Waals surface area contributed by atoms with E-state index in [1.807, 2.05) is 11.3 Å². The van der Waals surface area contributed by atoms with E-state index in [0.29, 0.717) is 0 Å². The van der Waals surface area contributed by atoms with E-state index < -0.39 is 0 Å². The van der Waals surface area contributed by atoms with Crippen LogP contribution >= 0.6 is 27.3 Å². The van der Waals surface area contributed by atoms with Crippen molar-refractivity contribution >= 4 is 27.3 Å². The molecule has 19 heavy (non-hydrogen) atoms. The lowest BCUT2D eigenvalue weighted by Crippen LogP contribution is -2.30. The van der Waals surface area contributed by atoms with Gasteiger partial charge in [-0.15, -0.1) is 11.3 Å². The second-order valence-corrected chi connectivity index (χ2v) is 8.09. The first-order valence-electron chi connectivity index (χ1n) is 7.78. The van der Waals surface area contributed by atoms with E-state index in [9.17, 15) is 0 Å². The van der Waals surface area contributed by atoms with Crippen LogP contribution in [0.15, 0.2) is 15.9 Å². The Morgan fingerprint density at radius 3 is 2.58 bits per heavy atom. The van der Waals surface area contributed by atoms with Crippen molar-refractivity contribution in [1.82, 2.24) is 5.32 Å². The van der Waals surface area contributed by atoms with E-state index in [1.54, 1.807) is 4.88 Å². The third-order valence-electron chi connectivity index (χ3n) is 4.70. The van der Waals surface area contributed by atoms with E-state index in [1.165, 1.54) is 62.4 Å². The molecule has 2 atom stereocenters. The van der Waals surface area contributed by atoms with Gasteiger partial charge in [0.05, 0.1) is 0 Å². The van der Waals surface area contributed by atoms with Crippen molar-refractivity contribution < 1.29 is 0 Å². The molecule has 0 radical (unpaired) electrons. The molecule has 3 heteroatoms. The summed E-state index contributed by atoms with van der Waals surface area (Å²) in [6, 6.07) is 3.06. The highest BCUT2D eigenvalue weighted by Crippen LogP contribution is 2.35. The maximum absolute atomic E-state index is 3.77. The van der Waals surface area contributed by atoms with Crippen LogP contribution < -0.4 is 5.32 Å². The summed E-state index contributed by atoms with van der Waals surface area (Å²) in [5, 5.41) is 5.99. The van der Waals surface area contributed by atoms with Gasteiger partial charge in [0.15, 0.2) is 0 Å². The van der Waals surface area contributed by atoms with Gasteiger partial charge in [0.25, 0.3) is 0 Å². The molecule has 2 fully saturated rings. The molecule has 2 aliphatic carbocycles. The van der Waals surface area contributed by atoms with Gasteiger partial charge in [-0.25, -0.2) is 0 Å². The zero-order valence-electron chi connectivity index (χ0n) is 11.5. The van der Waals surface area contributed by atoms with E-state index >= 15 is 0 Å². The van der Waals surface area contributed by atoms with Crippen LogP contribution in [0.25, 0.3) is 0 Å². The number of halogens is 1. The molecule has 1 N–H and O–H groups in total. The van der Waals surface area contributed by atoms with Gasteiger partial charge >= 0.3 is 0 Å². The van der Waals surface area contributed by atoms with Crippen molar-refractivity contribution in [3.63, 3.8) is 0 Å². The van der Waals surface area contributed by atoms with Crippen LogP contribution in [0.2, 0.25) is 0 Å². The Labute approximate surface area is 129 Å². The number of hydrogen-bond acceptors (Lipinski definition) is 2. The molecular weight excluding hydrogens is 318 g/mol. The van der Waals surface area contributed by atoms with Crippen LogP contribution in [0.4, 0.5) is 0 Å². The Morgan fingerprint density at radius 1 is 1.11 bits per heavy atom. The lowest BCUT2D eigenvalue weighted by Gasteiger charge is -2.25. The topological polar surface area (TPSA) is 12.0 Å². The van der Waals surface area contributed by atoms with Gasteiger partial charge in [-0.3, -0.25) is 0 Å². The summed E-state index contributed by atoms with van der Waals surface area (Å²) in [7, 11) is 0. The molecule has 1 heterocycles. The van der Waals surface area contributed by atoms with Gasteiger partial charge in [-0.2, -0.15) is 0 Å². The zero-order valence-corrected chi connectivity index (χ0v) is 13.9. The lowest BCUT2D eigenvalue weighted by molar-refractivity contribution is 0.298. The molecule has 0 saturated heterocycles. The molecular formula is C16H24BrNS. The number of hydrogen-bond donors (Lipinski definition) is 1. The normalized spacial score (nSPS) is 28.3. The number of rotatable bonds is 5. The molecule has 1 aromatic heterocycles. The number of thiophene rings is 1. The fraction of sp³-hybridized carbons (Fsp3) is 0.750. The molecule has 1 aromatic rings. The Hall–Kier alpha value is 0.140. The van der Waals surface area contributed by atoms with Gasteiger partial charge in [-0.05, 0) is 77.9 Å². The maximum atomic E-state index is 3.77. The van der Waals surface area contributed by atoms with Crippen molar-refractivity contribution in [2.45, 2.75) is 57.4 Å². The summed E-state index contributed by atoms with van der Waals surface area (Å²) >= 11 is 5.62. The van der Waals surface area contributed by atoms with Gasteiger partial charge in [0.1, 0.15) is 0 Å². The minimum atomic E-state index is 0.859. The lowest BCUT2D eigenvalue weighted by atomic mass is 9.85. The molecule has 106 valence electrons. The van der Waals surface area contributed by atoms with E-state index in [2.05, 4.69) is 32.7 Å². The SMILES string of the molecule is Brc1ccsc1CC1CCCCCC1CNC1CC1. The van der Waals surface area contributed by atoms with Crippen molar-refractivity contribution in [3.8, 4) is 0 Å². The Kier molecular flexibility index (Phi) is 4.99. The van der Waals surface area contributed by atoms with Crippen molar-refractivity contribution in [2.75, 3.05) is 6.54 Å². The van der Waals surface area contributed by atoms with Crippen LogP contribution in [-0.4, -0.2) is 12.6 Å². The molecule has 0 amide bonds. The predicted octanol–water partition coefficient (Wildman–Crippen LogP) is 5.00. The van der Waals surface area contributed by atoms with Gasteiger partial charge in [0, 0.05) is 15.4 Å². The Morgan fingerprint density at radius 2 is 1.89 bits per heavy atom. The highest BCUT2D eigenvalue weighted by Gasteiger charge is 2.27.